The molecular weight excluding hydrogens is 250 g/mol. The summed E-state index contributed by atoms with van der Waals surface area (Å²) in [5.74, 6) is 1.19. The first kappa shape index (κ1) is 15.3. The van der Waals surface area contributed by atoms with Gasteiger partial charge in [0.2, 0.25) is 0 Å². The number of aryl methyl sites for hydroxylation is 2. The monoisotopic (exact) mass is 277 g/mol. The molecule has 3 heteroatoms. The smallest absolute Gasteiger partial charge is 0.126 e. The van der Waals surface area contributed by atoms with Crippen molar-refractivity contribution in [3.8, 4) is 5.75 Å². The van der Waals surface area contributed by atoms with Crippen LogP contribution in [-0.4, -0.2) is 36.8 Å². The number of hydrogen-bond donors (Lipinski definition) is 1. The molecule has 1 aliphatic heterocycles. The van der Waals surface area contributed by atoms with E-state index in [1.165, 1.54) is 29.5 Å². The van der Waals surface area contributed by atoms with Crippen LogP contribution in [0.4, 0.5) is 0 Å². The van der Waals surface area contributed by atoms with Gasteiger partial charge in [-0.05, 0) is 51.3 Å². The molecule has 1 N–H and O–H groups in total. The Labute approximate surface area is 122 Å². The number of rotatable bonds is 5. The second-order valence-electron chi connectivity index (χ2n) is 6.05. The Bertz CT molecular complexity index is 453. The molecule has 1 aromatic carbocycles. The lowest BCUT2D eigenvalue weighted by molar-refractivity contribution is 0.123. The molecule has 0 radical (unpaired) electrons. The van der Waals surface area contributed by atoms with Crippen LogP contribution >= 0.6 is 0 Å². The second kappa shape index (κ2) is 6.59. The summed E-state index contributed by atoms with van der Waals surface area (Å²) in [4.78, 5) is 2.50. The van der Waals surface area contributed by atoms with Crippen molar-refractivity contribution in [3.63, 3.8) is 0 Å². The van der Waals surface area contributed by atoms with Gasteiger partial charge in [0.15, 0.2) is 0 Å². The van der Waals surface area contributed by atoms with Crippen molar-refractivity contribution in [1.82, 2.24) is 4.90 Å². The molecule has 0 aromatic heterocycles. The van der Waals surface area contributed by atoms with E-state index in [1.807, 2.05) is 0 Å². The minimum atomic E-state index is 0.206. The first-order valence-corrected chi connectivity index (χ1v) is 7.58. The average Bonchev–Trinajstić information content (AvgIpc) is 2.92. The zero-order valence-electron chi connectivity index (χ0n) is 13.1. The molecule has 1 aliphatic rings. The predicted octanol–water partition coefficient (Wildman–Crippen LogP) is 3.08. The van der Waals surface area contributed by atoms with Crippen molar-refractivity contribution in [2.75, 3.05) is 26.8 Å². The maximum atomic E-state index is 9.66. The molecule has 1 saturated heterocycles. The van der Waals surface area contributed by atoms with Crippen LogP contribution in [-0.2, 0) is 0 Å². The number of likely N-dealkylation sites (tertiary alicyclic amines) is 1. The molecule has 0 spiro atoms. The van der Waals surface area contributed by atoms with E-state index in [0.717, 1.165) is 18.8 Å². The van der Waals surface area contributed by atoms with Crippen molar-refractivity contribution in [2.24, 2.45) is 5.92 Å². The highest BCUT2D eigenvalue weighted by molar-refractivity contribution is 5.45. The van der Waals surface area contributed by atoms with Crippen LogP contribution in [0.2, 0.25) is 0 Å². The van der Waals surface area contributed by atoms with E-state index in [0.29, 0.717) is 0 Å². The molecule has 1 aromatic rings. The van der Waals surface area contributed by atoms with E-state index in [2.05, 4.69) is 37.8 Å². The molecule has 20 heavy (non-hydrogen) atoms. The van der Waals surface area contributed by atoms with E-state index in [4.69, 9.17) is 4.74 Å². The molecule has 2 atom stereocenters. The summed E-state index contributed by atoms with van der Waals surface area (Å²) in [5.41, 5.74) is 3.66. The molecule has 2 rings (SSSR count). The second-order valence-corrected chi connectivity index (χ2v) is 6.05. The Morgan fingerprint density at radius 1 is 1.25 bits per heavy atom. The Morgan fingerprint density at radius 2 is 1.90 bits per heavy atom. The third-order valence-corrected chi connectivity index (χ3v) is 4.33. The van der Waals surface area contributed by atoms with E-state index in [1.54, 1.807) is 7.11 Å². The third kappa shape index (κ3) is 2.99. The normalized spacial score (nSPS) is 19.1. The maximum absolute atomic E-state index is 9.66. The van der Waals surface area contributed by atoms with E-state index in [-0.39, 0.29) is 18.6 Å². The molecule has 0 amide bonds. The van der Waals surface area contributed by atoms with Crippen molar-refractivity contribution < 1.29 is 9.84 Å². The number of aliphatic hydroxyl groups is 1. The van der Waals surface area contributed by atoms with Gasteiger partial charge in [-0.25, -0.2) is 0 Å². The number of benzene rings is 1. The highest BCUT2D eigenvalue weighted by atomic mass is 16.5. The summed E-state index contributed by atoms with van der Waals surface area (Å²) in [6, 6.07) is 4.63. The molecular formula is C17H27NO2. The molecule has 1 heterocycles. The third-order valence-electron chi connectivity index (χ3n) is 4.33. The first-order valence-electron chi connectivity index (χ1n) is 7.58. The van der Waals surface area contributed by atoms with Crippen LogP contribution in [0, 0.1) is 19.8 Å². The fourth-order valence-electron chi connectivity index (χ4n) is 3.47. The predicted molar refractivity (Wildman–Crippen MR) is 82.3 cm³/mol. The van der Waals surface area contributed by atoms with Crippen LogP contribution in [0.25, 0.3) is 0 Å². The zero-order valence-corrected chi connectivity index (χ0v) is 13.1. The van der Waals surface area contributed by atoms with Gasteiger partial charge in [-0.15, -0.1) is 0 Å². The van der Waals surface area contributed by atoms with Gasteiger partial charge in [-0.3, -0.25) is 4.90 Å². The minimum Gasteiger partial charge on any atom is -0.496 e. The molecule has 0 saturated carbocycles. The number of hydrogen-bond acceptors (Lipinski definition) is 3. The fraction of sp³-hybridized carbons (Fsp3) is 0.647. The highest BCUT2D eigenvalue weighted by Gasteiger charge is 2.30. The van der Waals surface area contributed by atoms with Crippen LogP contribution in [0.5, 0.6) is 5.75 Å². The van der Waals surface area contributed by atoms with Gasteiger partial charge < -0.3 is 9.84 Å². The Kier molecular flexibility index (Phi) is 5.06. The molecule has 112 valence electrons. The first-order chi connectivity index (χ1) is 9.58. The molecule has 0 bridgehead atoms. The quantitative estimate of drug-likeness (QED) is 0.898. The number of aliphatic hydroxyl groups excluding tert-OH is 1. The largest absolute Gasteiger partial charge is 0.496 e. The van der Waals surface area contributed by atoms with Crippen LogP contribution < -0.4 is 4.74 Å². The van der Waals surface area contributed by atoms with Crippen molar-refractivity contribution in [3.05, 3.63) is 28.8 Å². The topological polar surface area (TPSA) is 32.7 Å². The summed E-state index contributed by atoms with van der Waals surface area (Å²) in [7, 11) is 1.74. The lowest BCUT2D eigenvalue weighted by Gasteiger charge is -2.33. The lowest BCUT2D eigenvalue weighted by Crippen LogP contribution is -2.32. The zero-order chi connectivity index (χ0) is 14.7. The summed E-state index contributed by atoms with van der Waals surface area (Å²) in [5, 5.41) is 9.66. The molecule has 3 nitrogen and oxygen atoms in total. The molecule has 2 unspecified atom stereocenters. The summed E-state index contributed by atoms with van der Waals surface area (Å²) in [6.45, 7) is 8.79. The van der Waals surface area contributed by atoms with Crippen LogP contribution in [0.1, 0.15) is 42.5 Å². The molecule has 1 fully saturated rings. The Morgan fingerprint density at radius 3 is 2.45 bits per heavy atom. The van der Waals surface area contributed by atoms with Gasteiger partial charge in [0.25, 0.3) is 0 Å². The number of methoxy groups -OCH3 is 1. The Balaban J connectivity index is 2.47. The van der Waals surface area contributed by atoms with Gasteiger partial charge in [0.05, 0.1) is 7.11 Å². The van der Waals surface area contributed by atoms with Crippen LogP contribution in [0.3, 0.4) is 0 Å². The lowest BCUT2D eigenvalue weighted by atomic mass is 9.90. The SMILES string of the molecule is COc1c(C)cc(C)cc1C(C(C)CO)N1CCCC1. The molecule has 0 aliphatic carbocycles. The van der Waals surface area contributed by atoms with E-state index in [9.17, 15) is 5.11 Å². The van der Waals surface area contributed by atoms with Gasteiger partial charge in [0.1, 0.15) is 5.75 Å². The van der Waals surface area contributed by atoms with Gasteiger partial charge >= 0.3 is 0 Å². The standard InChI is InChI=1S/C17H27NO2/c1-12-9-13(2)17(20-4)15(10-12)16(14(3)11-19)18-7-5-6-8-18/h9-10,14,16,19H,5-8,11H2,1-4H3. The highest BCUT2D eigenvalue weighted by Crippen LogP contribution is 2.38. The summed E-state index contributed by atoms with van der Waals surface area (Å²) < 4.78 is 5.66. The van der Waals surface area contributed by atoms with Crippen molar-refractivity contribution in [1.29, 1.82) is 0 Å². The summed E-state index contributed by atoms with van der Waals surface area (Å²) >= 11 is 0. The maximum Gasteiger partial charge on any atom is 0.126 e. The van der Waals surface area contributed by atoms with E-state index < -0.39 is 0 Å². The summed E-state index contributed by atoms with van der Waals surface area (Å²) in [6.07, 6.45) is 2.50. The number of ether oxygens (including phenoxy) is 1. The van der Waals surface area contributed by atoms with Gasteiger partial charge in [-0.2, -0.15) is 0 Å². The van der Waals surface area contributed by atoms with Gasteiger partial charge in [0, 0.05) is 18.2 Å². The number of nitrogens with zero attached hydrogens (tertiary/aromatic N) is 1. The fourth-order valence-corrected chi connectivity index (χ4v) is 3.47. The van der Waals surface area contributed by atoms with E-state index >= 15 is 0 Å². The van der Waals surface area contributed by atoms with Gasteiger partial charge in [-0.1, -0.05) is 24.6 Å². The van der Waals surface area contributed by atoms with Crippen molar-refractivity contribution in [2.45, 2.75) is 39.7 Å². The van der Waals surface area contributed by atoms with Crippen LogP contribution in [0.15, 0.2) is 12.1 Å². The van der Waals surface area contributed by atoms with Crippen molar-refractivity contribution >= 4 is 0 Å². The Hall–Kier alpha value is -1.06. The average molecular weight is 277 g/mol. The minimum absolute atomic E-state index is 0.206.